The lowest BCUT2D eigenvalue weighted by atomic mass is 9.80. The second-order valence-corrected chi connectivity index (χ2v) is 11.6. The van der Waals surface area contributed by atoms with Crippen molar-refractivity contribution in [3.05, 3.63) is 64.9 Å². The van der Waals surface area contributed by atoms with E-state index in [4.69, 9.17) is 5.10 Å². The Morgan fingerprint density at radius 1 is 1.07 bits per heavy atom. The van der Waals surface area contributed by atoms with Gasteiger partial charge in [-0.2, -0.15) is 5.10 Å². The molecule has 40 heavy (non-hydrogen) atoms. The van der Waals surface area contributed by atoms with Crippen LogP contribution in [0.15, 0.2) is 36.5 Å². The Hall–Kier alpha value is -4.08. The standard InChI is InChI=1S/C30H31FN6O3/c1-16-2-7-24(31)28(33-16)23-15-37(35-27(23)18-3-4-18)21-10-17(11-21)13-32-20-5-6-22-19(12-20)14-36(30(22)40)25-8-9-26(38)34-29(25)39/h2,5-7,12,15,17-18,21,25,32H,3-4,8-11,13-14H2,1H3,(H,34,38,39)/t17?,21?,25-/m1/s1. The van der Waals surface area contributed by atoms with E-state index >= 15 is 0 Å². The van der Waals surface area contributed by atoms with Crippen LogP contribution in [0.4, 0.5) is 10.1 Å². The van der Waals surface area contributed by atoms with Gasteiger partial charge in [-0.25, -0.2) is 9.37 Å². The fraction of sp³-hybridized carbons (Fsp3) is 0.433. The van der Waals surface area contributed by atoms with Gasteiger partial charge in [-0.05, 0) is 80.8 Å². The molecule has 206 valence electrons. The van der Waals surface area contributed by atoms with E-state index in [-0.39, 0.29) is 30.1 Å². The smallest absolute Gasteiger partial charge is 0.255 e. The summed E-state index contributed by atoms with van der Waals surface area (Å²) in [6, 6.07) is 8.56. The molecule has 3 amide bonds. The molecule has 10 heteroatoms. The SMILES string of the molecule is Cc1ccc(F)c(-c2cn(C3CC(CNc4ccc5c(c4)CN([C@@H]4CCC(=O)NC4=O)C5=O)C3)nc2C2CC2)n1. The minimum atomic E-state index is -0.609. The molecule has 1 saturated heterocycles. The second kappa shape index (κ2) is 9.53. The number of hydrogen-bond donors (Lipinski definition) is 2. The fourth-order valence-corrected chi connectivity index (χ4v) is 6.19. The summed E-state index contributed by atoms with van der Waals surface area (Å²) in [5.41, 5.74) is 5.43. The van der Waals surface area contributed by atoms with E-state index in [2.05, 4.69) is 15.6 Å². The van der Waals surface area contributed by atoms with Gasteiger partial charge in [0.25, 0.3) is 5.91 Å². The molecule has 3 aromatic rings. The number of anilines is 1. The van der Waals surface area contributed by atoms with Crippen molar-refractivity contribution in [1.29, 1.82) is 0 Å². The van der Waals surface area contributed by atoms with Gasteiger partial charge in [-0.3, -0.25) is 24.4 Å². The van der Waals surface area contributed by atoms with Gasteiger partial charge in [0.15, 0.2) is 0 Å². The van der Waals surface area contributed by atoms with Crippen LogP contribution in [-0.4, -0.2) is 50.0 Å². The Bertz CT molecular complexity index is 1540. The van der Waals surface area contributed by atoms with Crippen molar-refractivity contribution >= 4 is 23.4 Å². The minimum Gasteiger partial charge on any atom is -0.385 e. The van der Waals surface area contributed by atoms with Crippen LogP contribution in [0.25, 0.3) is 11.3 Å². The van der Waals surface area contributed by atoms with Crippen molar-refractivity contribution in [1.82, 2.24) is 25.0 Å². The predicted molar refractivity (Wildman–Crippen MR) is 145 cm³/mol. The van der Waals surface area contributed by atoms with Gasteiger partial charge in [0.05, 0.1) is 11.7 Å². The fourth-order valence-electron chi connectivity index (χ4n) is 6.19. The van der Waals surface area contributed by atoms with E-state index in [9.17, 15) is 18.8 Å². The Morgan fingerprint density at radius 2 is 1.90 bits per heavy atom. The normalized spacial score (nSPS) is 24.1. The van der Waals surface area contributed by atoms with Crippen molar-refractivity contribution in [2.45, 2.75) is 70.0 Å². The quantitative estimate of drug-likeness (QED) is 0.436. The number of amides is 3. The largest absolute Gasteiger partial charge is 0.385 e. The molecule has 2 aliphatic carbocycles. The van der Waals surface area contributed by atoms with Gasteiger partial charge in [0.1, 0.15) is 17.6 Å². The number of halogens is 1. The highest BCUT2D eigenvalue weighted by molar-refractivity contribution is 6.05. The van der Waals surface area contributed by atoms with E-state index in [1.54, 1.807) is 11.0 Å². The number of hydrogen-bond acceptors (Lipinski definition) is 6. The maximum atomic E-state index is 14.6. The molecular formula is C30H31FN6O3. The summed E-state index contributed by atoms with van der Waals surface area (Å²) in [5.74, 6) is -0.284. The summed E-state index contributed by atoms with van der Waals surface area (Å²) < 4.78 is 16.7. The zero-order valence-electron chi connectivity index (χ0n) is 22.3. The molecule has 0 bridgehead atoms. The third-order valence-electron chi connectivity index (χ3n) is 8.67. The monoisotopic (exact) mass is 542 g/mol. The molecule has 0 unspecified atom stereocenters. The summed E-state index contributed by atoms with van der Waals surface area (Å²) in [5, 5.41) is 10.8. The van der Waals surface area contributed by atoms with Crippen LogP contribution >= 0.6 is 0 Å². The number of benzene rings is 1. The Labute approximate surface area is 231 Å². The van der Waals surface area contributed by atoms with E-state index in [1.807, 2.05) is 36.0 Å². The lowest BCUT2D eigenvalue weighted by Gasteiger charge is -2.35. The average molecular weight is 543 g/mol. The molecule has 1 aromatic carbocycles. The van der Waals surface area contributed by atoms with Crippen molar-refractivity contribution < 1.29 is 18.8 Å². The van der Waals surface area contributed by atoms with Crippen LogP contribution in [0.5, 0.6) is 0 Å². The van der Waals surface area contributed by atoms with Gasteiger partial charge in [0.2, 0.25) is 11.8 Å². The summed E-state index contributed by atoms with van der Waals surface area (Å²) in [6.45, 7) is 3.04. The zero-order chi connectivity index (χ0) is 27.5. The van der Waals surface area contributed by atoms with E-state index in [1.165, 1.54) is 6.07 Å². The Balaban J connectivity index is 0.978. The third kappa shape index (κ3) is 4.45. The third-order valence-corrected chi connectivity index (χ3v) is 8.67. The van der Waals surface area contributed by atoms with E-state index in [0.29, 0.717) is 36.1 Å². The Kier molecular flexibility index (Phi) is 5.94. The summed E-state index contributed by atoms with van der Waals surface area (Å²) in [7, 11) is 0. The van der Waals surface area contributed by atoms with E-state index < -0.39 is 11.9 Å². The van der Waals surface area contributed by atoms with Gasteiger partial charge in [-0.1, -0.05) is 0 Å². The van der Waals surface area contributed by atoms with E-state index in [0.717, 1.165) is 60.4 Å². The second-order valence-electron chi connectivity index (χ2n) is 11.6. The van der Waals surface area contributed by atoms with Gasteiger partial charge >= 0.3 is 0 Å². The van der Waals surface area contributed by atoms with Gasteiger partial charge in [-0.15, -0.1) is 0 Å². The molecule has 4 heterocycles. The molecule has 4 aliphatic rings. The molecule has 0 spiro atoms. The highest BCUT2D eigenvalue weighted by Crippen LogP contribution is 2.46. The van der Waals surface area contributed by atoms with Crippen LogP contribution in [0, 0.1) is 18.7 Å². The number of rotatable bonds is 7. The molecule has 2 aromatic heterocycles. The van der Waals surface area contributed by atoms with Crippen LogP contribution in [0.1, 0.15) is 77.8 Å². The molecule has 1 atom stereocenters. The first-order chi connectivity index (χ1) is 19.3. The molecule has 0 radical (unpaired) electrons. The number of carbonyl (C=O) groups is 3. The van der Waals surface area contributed by atoms with Crippen molar-refractivity contribution in [3.63, 3.8) is 0 Å². The lowest BCUT2D eigenvalue weighted by Crippen LogP contribution is -2.52. The lowest BCUT2D eigenvalue weighted by molar-refractivity contribution is -0.136. The number of imide groups is 1. The molecule has 7 rings (SSSR count). The van der Waals surface area contributed by atoms with Crippen LogP contribution in [0.2, 0.25) is 0 Å². The molecule has 3 fully saturated rings. The van der Waals surface area contributed by atoms with Crippen LogP contribution in [-0.2, 0) is 16.1 Å². The predicted octanol–water partition coefficient (Wildman–Crippen LogP) is 4.09. The van der Waals surface area contributed by atoms with Crippen LogP contribution in [0.3, 0.4) is 0 Å². The topological polar surface area (TPSA) is 109 Å². The molecule has 9 nitrogen and oxygen atoms in total. The summed E-state index contributed by atoms with van der Waals surface area (Å²) in [4.78, 5) is 42.8. The molecule has 2 N–H and O–H groups in total. The number of nitrogens with one attached hydrogen (secondary N) is 2. The van der Waals surface area contributed by atoms with Crippen molar-refractivity contribution in [2.24, 2.45) is 5.92 Å². The number of fused-ring (bicyclic) bond motifs is 1. The Morgan fingerprint density at radius 3 is 2.67 bits per heavy atom. The first kappa shape index (κ1) is 24.9. The average Bonchev–Trinajstić information content (AvgIpc) is 3.58. The first-order valence-corrected chi connectivity index (χ1v) is 14.1. The van der Waals surface area contributed by atoms with Crippen molar-refractivity contribution in [2.75, 3.05) is 11.9 Å². The number of carbonyl (C=O) groups excluding carboxylic acids is 3. The zero-order valence-corrected chi connectivity index (χ0v) is 22.3. The minimum absolute atomic E-state index is 0.164. The van der Waals surface area contributed by atoms with Gasteiger partial charge in [0, 0.05) is 54.1 Å². The number of nitrogens with zero attached hydrogens (tertiary/aromatic N) is 4. The summed E-state index contributed by atoms with van der Waals surface area (Å²) >= 11 is 0. The molecule has 2 saturated carbocycles. The number of piperidine rings is 1. The molecule has 2 aliphatic heterocycles. The highest BCUT2D eigenvalue weighted by atomic mass is 19.1. The first-order valence-electron chi connectivity index (χ1n) is 14.1. The maximum absolute atomic E-state index is 14.6. The highest BCUT2D eigenvalue weighted by Gasteiger charge is 2.39. The van der Waals surface area contributed by atoms with Crippen molar-refractivity contribution in [3.8, 4) is 11.3 Å². The van der Waals surface area contributed by atoms with Gasteiger partial charge < -0.3 is 10.2 Å². The number of pyridine rings is 1. The summed E-state index contributed by atoms with van der Waals surface area (Å²) in [6.07, 6.45) is 6.72. The number of aromatic nitrogens is 3. The molecular weight excluding hydrogens is 511 g/mol. The maximum Gasteiger partial charge on any atom is 0.255 e. The van der Waals surface area contributed by atoms with Crippen LogP contribution < -0.4 is 10.6 Å². The number of aryl methyl sites for hydroxylation is 1.